The Hall–Kier alpha value is -2.49. The Bertz CT molecular complexity index is 930. The normalized spacial score (nSPS) is 13.9. The maximum absolute atomic E-state index is 12.7. The highest BCUT2D eigenvalue weighted by atomic mass is 16.2. The van der Waals surface area contributed by atoms with Crippen molar-refractivity contribution in [2.45, 2.75) is 59.0 Å². The van der Waals surface area contributed by atoms with Crippen LogP contribution in [0.5, 0.6) is 0 Å². The summed E-state index contributed by atoms with van der Waals surface area (Å²) in [7, 11) is 0. The monoisotopic (exact) mass is 363 g/mol. The highest BCUT2D eigenvalue weighted by Crippen LogP contribution is 2.28. The van der Waals surface area contributed by atoms with E-state index < -0.39 is 0 Å². The van der Waals surface area contributed by atoms with Crippen LogP contribution in [0.3, 0.4) is 0 Å². The zero-order valence-electron chi connectivity index (χ0n) is 16.4. The van der Waals surface area contributed by atoms with Crippen LogP contribution in [-0.2, 0) is 24.3 Å². The molecule has 2 aromatic heterocycles. The average Bonchev–Trinajstić information content (AvgIpc) is 3.21. The van der Waals surface area contributed by atoms with Gasteiger partial charge in [0.15, 0.2) is 0 Å². The Kier molecular flexibility index (Phi) is 5.06. The lowest BCUT2D eigenvalue weighted by Gasteiger charge is -2.27. The van der Waals surface area contributed by atoms with Gasteiger partial charge in [-0.15, -0.1) is 0 Å². The number of carbonyl (C=O) groups excluding carboxylic acids is 1. The molecule has 0 radical (unpaired) electrons. The number of aromatic amines is 1. The number of nitrogens with one attached hydrogen (secondary N) is 1. The summed E-state index contributed by atoms with van der Waals surface area (Å²) in [5, 5.41) is 1.27. The third-order valence-electron chi connectivity index (χ3n) is 5.93. The third-order valence-corrected chi connectivity index (χ3v) is 5.93. The summed E-state index contributed by atoms with van der Waals surface area (Å²) in [6, 6.07) is 12.8. The Morgan fingerprint density at radius 2 is 1.81 bits per heavy atom. The zero-order valence-corrected chi connectivity index (χ0v) is 16.4. The number of rotatable bonds is 6. The topological polar surface area (TPSA) is 41.0 Å². The Labute approximate surface area is 161 Å². The number of aromatic nitrogens is 2. The molecule has 0 saturated carbocycles. The number of aryl methyl sites for hydroxylation is 2. The quantitative estimate of drug-likeness (QED) is 0.632. The molecule has 1 aliphatic heterocycles. The molecule has 1 amide bonds. The molecule has 0 bridgehead atoms. The summed E-state index contributed by atoms with van der Waals surface area (Å²) in [5.41, 5.74) is 6.45. The van der Waals surface area contributed by atoms with Crippen LogP contribution < -0.4 is 0 Å². The number of hydrogen-bond donors (Lipinski definition) is 1. The van der Waals surface area contributed by atoms with Gasteiger partial charge >= 0.3 is 0 Å². The van der Waals surface area contributed by atoms with Crippen molar-refractivity contribution in [2.75, 3.05) is 6.54 Å². The number of carbonyl (C=O) groups is 1. The van der Waals surface area contributed by atoms with Crippen molar-refractivity contribution >= 4 is 16.8 Å². The minimum Gasteiger partial charge on any atom is -0.358 e. The number of hydrogen-bond acceptors (Lipinski definition) is 1. The predicted molar refractivity (Wildman–Crippen MR) is 110 cm³/mol. The molecule has 4 heteroatoms. The van der Waals surface area contributed by atoms with E-state index in [1.807, 2.05) is 4.90 Å². The Morgan fingerprint density at radius 1 is 1.04 bits per heavy atom. The maximum atomic E-state index is 12.7. The highest BCUT2D eigenvalue weighted by molar-refractivity contribution is 5.86. The molecule has 4 nitrogen and oxygen atoms in total. The van der Waals surface area contributed by atoms with Crippen molar-refractivity contribution in [1.29, 1.82) is 0 Å². The number of fused-ring (bicyclic) bond motifs is 3. The SMILES string of the molecule is Cc1ccc(C)n1CCCCCC(=O)N1CCc2[nH]c3ccccc3c2C1. The van der Waals surface area contributed by atoms with Gasteiger partial charge in [0, 0.05) is 66.0 Å². The minimum atomic E-state index is 0.305. The summed E-state index contributed by atoms with van der Waals surface area (Å²) in [4.78, 5) is 18.2. The van der Waals surface area contributed by atoms with E-state index in [-0.39, 0.29) is 0 Å². The van der Waals surface area contributed by atoms with E-state index in [4.69, 9.17) is 0 Å². The second-order valence-corrected chi connectivity index (χ2v) is 7.77. The molecule has 0 spiro atoms. The first-order valence-electron chi connectivity index (χ1n) is 10.1. The number of amides is 1. The van der Waals surface area contributed by atoms with Gasteiger partial charge in [0.25, 0.3) is 0 Å². The molecule has 3 heterocycles. The van der Waals surface area contributed by atoms with Crippen LogP contribution in [-0.4, -0.2) is 26.9 Å². The van der Waals surface area contributed by atoms with E-state index in [1.165, 1.54) is 33.5 Å². The van der Waals surface area contributed by atoms with Crippen molar-refractivity contribution < 1.29 is 4.79 Å². The van der Waals surface area contributed by atoms with Gasteiger partial charge in [-0.05, 0) is 44.9 Å². The van der Waals surface area contributed by atoms with Crippen LogP contribution >= 0.6 is 0 Å². The summed E-state index contributed by atoms with van der Waals surface area (Å²) in [6.07, 6.45) is 4.82. The van der Waals surface area contributed by atoms with Crippen molar-refractivity contribution in [3.8, 4) is 0 Å². The molecule has 3 aromatic rings. The number of para-hydroxylation sites is 1. The molecule has 1 aromatic carbocycles. The zero-order chi connectivity index (χ0) is 18.8. The number of benzene rings is 1. The van der Waals surface area contributed by atoms with Crippen molar-refractivity contribution in [1.82, 2.24) is 14.5 Å². The second kappa shape index (κ2) is 7.63. The molecule has 0 fully saturated rings. The first-order valence-corrected chi connectivity index (χ1v) is 10.1. The number of unbranched alkanes of at least 4 members (excludes halogenated alkanes) is 2. The van der Waals surface area contributed by atoms with Gasteiger partial charge in [0.05, 0.1) is 0 Å². The summed E-state index contributed by atoms with van der Waals surface area (Å²) >= 11 is 0. The standard InChI is InChI=1S/C23H29N3O/c1-17-11-12-18(2)26(17)14-7-3-4-10-23(27)25-15-13-22-20(16-25)19-8-5-6-9-21(19)24-22/h5-6,8-9,11-12,24H,3-4,7,10,13-16H2,1-2H3. The average molecular weight is 364 g/mol. The van der Waals surface area contributed by atoms with Gasteiger partial charge in [-0.1, -0.05) is 24.6 Å². The largest absolute Gasteiger partial charge is 0.358 e. The summed E-state index contributed by atoms with van der Waals surface area (Å²) < 4.78 is 2.37. The van der Waals surface area contributed by atoms with Gasteiger partial charge in [-0.3, -0.25) is 4.79 Å². The molecule has 1 N–H and O–H groups in total. The fraction of sp³-hybridized carbons (Fsp3) is 0.435. The van der Waals surface area contributed by atoms with Gasteiger partial charge in [-0.25, -0.2) is 0 Å². The van der Waals surface area contributed by atoms with Crippen molar-refractivity contribution in [3.63, 3.8) is 0 Å². The van der Waals surface area contributed by atoms with Crippen LogP contribution in [0.2, 0.25) is 0 Å². The lowest BCUT2D eigenvalue weighted by atomic mass is 10.0. The predicted octanol–water partition coefficient (Wildman–Crippen LogP) is 4.73. The third kappa shape index (κ3) is 3.66. The number of H-pyrrole nitrogens is 1. The first kappa shape index (κ1) is 17.9. The van der Waals surface area contributed by atoms with Crippen LogP contribution in [0.15, 0.2) is 36.4 Å². The number of nitrogens with zero attached hydrogens (tertiary/aromatic N) is 2. The van der Waals surface area contributed by atoms with Crippen LogP contribution in [0, 0.1) is 13.8 Å². The lowest BCUT2D eigenvalue weighted by molar-refractivity contribution is -0.132. The summed E-state index contributed by atoms with van der Waals surface area (Å²) in [5.74, 6) is 0.305. The molecule has 1 aliphatic rings. The van der Waals surface area contributed by atoms with Crippen LogP contribution in [0.4, 0.5) is 0 Å². The van der Waals surface area contributed by atoms with Crippen molar-refractivity contribution in [3.05, 3.63) is 59.0 Å². The van der Waals surface area contributed by atoms with E-state index in [2.05, 4.69) is 59.8 Å². The van der Waals surface area contributed by atoms with E-state index >= 15 is 0 Å². The fourth-order valence-electron chi connectivity index (χ4n) is 4.31. The van der Waals surface area contributed by atoms with E-state index in [0.29, 0.717) is 12.3 Å². The molecule has 0 aliphatic carbocycles. The molecule has 0 unspecified atom stereocenters. The maximum Gasteiger partial charge on any atom is 0.222 e. The Balaban J connectivity index is 1.27. The van der Waals surface area contributed by atoms with E-state index in [1.54, 1.807) is 0 Å². The van der Waals surface area contributed by atoms with E-state index in [0.717, 1.165) is 45.3 Å². The second-order valence-electron chi connectivity index (χ2n) is 7.77. The molecule has 4 rings (SSSR count). The molecule has 27 heavy (non-hydrogen) atoms. The molecule has 142 valence electrons. The molecular formula is C23H29N3O. The molecule has 0 saturated heterocycles. The van der Waals surface area contributed by atoms with Gasteiger partial charge < -0.3 is 14.5 Å². The first-order chi connectivity index (χ1) is 13.1. The minimum absolute atomic E-state index is 0.305. The smallest absolute Gasteiger partial charge is 0.222 e. The molecule has 0 atom stereocenters. The Morgan fingerprint density at radius 3 is 2.63 bits per heavy atom. The van der Waals surface area contributed by atoms with Gasteiger partial charge in [0.1, 0.15) is 0 Å². The molecular weight excluding hydrogens is 334 g/mol. The summed E-state index contributed by atoms with van der Waals surface area (Å²) in [6.45, 7) is 6.96. The van der Waals surface area contributed by atoms with E-state index in [9.17, 15) is 4.79 Å². The van der Waals surface area contributed by atoms with Gasteiger partial charge in [0.2, 0.25) is 5.91 Å². The highest BCUT2D eigenvalue weighted by Gasteiger charge is 2.23. The van der Waals surface area contributed by atoms with Gasteiger partial charge in [-0.2, -0.15) is 0 Å². The van der Waals surface area contributed by atoms with Crippen LogP contribution in [0.1, 0.15) is 48.3 Å². The lowest BCUT2D eigenvalue weighted by Crippen LogP contribution is -2.35. The van der Waals surface area contributed by atoms with Crippen LogP contribution in [0.25, 0.3) is 10.9 Å². The fourth-order valence-corrected chi connectivity index (χ4v) is 4.31. The van der Waals surface area contributed by atoms with Crippen molar-refractivity contribution in [2.24, 2.45) is 0 Å².